The van der Waals surface area contributed by atoms with E-state index in [4.69, 9.17) is 0 Å². The summed E-state index contributed by atoms with van der Waals surface area (Å²) in [4.78, 5) is 36.4. The van der Waals surface area contributed by atoms with Crippen molar-refractivity contribution in [2.24, 2.45) is 0 Å². The predicted molar refractivity (Wildman–Crippen MR) is 136 cm³/mol. The van der Waals surface area contributed by atoms with Crippen molar-refractivity contribution in [3.05, 3.63) is 80.5 Å². The maximum Gasteiger partial charge on any atom is 0.290 e. The van der Waals surface area contributed by atoms with Crippen LogP contribution in [-0.4, -0.2) is 63.2 Å². The molecule has 1 N–H and O–H groups in total. The average Bonchev–Trinajstić information content (AvgIpc) is 3.41. The Morgan fingerprint density at radius 1 is 1.21 bits per heavy atom. The number of likely N-dealkylation sites (N-methyl/N-ethyl adjacent to an activating group) is 1. The van der Waals surface area contributed by atoms with Crippen molar-refractivity contribution in [3.8, 4) is 0 Å². The third-order valence-electron chi connectivity index (χ3n) is 6.09. The summed E-state index contributed by atoms with van der Waals surface area (Å²) >= 11 is 4.77. The number of thiazole rings is 1. The maximum absolute atomic E-state index is 13.9. The van der Waals surface area contributed by atoms with Crippen molar-refractivity contribution in [1.29, 1.82) is 0 Å². The minimum absolute atomic E-state index is 0.110. The summed E-state index contributed by atoms with van der Waals surface area (Å²) < 4.78 is 2.79. The number of benzene rings is 2. The minimum atomic E-state index is -0.678. The number of fused-ring (bicyclic) bond motifs is 3. The number of carbonyl (C=O) groups is 2. The lowest BCUT2D eigenvalue weighted by Crippen LogP contribution is -2.36. The van der Waals surface area contributed by atoms with E-state index in [0.717, 1.165) is 26.8 Å². The molecule has 4 aromatic rings. The second kappa shape index (κ2) is 8.65. The first-order chi connectivity index (χ1) is 16.3. The van der Waals surface area contributed by atoms with Crippen molar-refractivity contribution >= 4 is 55.0 Å². The molecule has 1 aliphatic heterocycles. The number of amides is 1. The lowest BCUT2D eigenvalue weighted by Gasteiger charge is -2.28. The van der Waals surface area contributed by atoms with Gasteiger partial charge in [0.2, 0.25) is 5.78 Å². The molecule has 0 bridgehead atoms. The van der Waals surface area contributed by atoms with Gasteiger partial charge in [0, 0.05) is 23.3 Å². The molecule has 2 aromatic carbocycles. The number of aryl methyl sites for hydroxylation is 1. The standard InChI is InChI=1S/C25H23BrN4O3S/c1-14-23(34-25-27-17-9-4-5-10-18(17)30(14)25)21(31)19-20(15-7-6-8-16(26)13-15)29(12-11-28(2)3)24(33)22(19)32/h4-10,13,20,32H,11-12H2,1-3H3. The summed E-state index contributed by atoms with van der Waals surface area (Å²) in [5, 5.41) is 10.9. The van der Waals surface area contributed by atoms with Crippen molar-refractivity contribution in [2.75, 3.05) is 27.2 Å². The van der Waals surface area contributed by atoms with Crippen LogP contribution in [0, 0.1) is 6.92 Å². The molecule has 1 atom stereocenters. The number of nitrogens with zero attached hydrogens (tertiary/aromatic N) is 4. The smallest absolute Gasteiger partial charge is 0.290 e. The Labute approximate surface area is 209 Å². The van der Waals surface area contributed by atoms with Crippen LogP contribution in [0.1, 0.15) is 27.0 Å². The molecule has 0 fully saturated rings. The van der Waals surface area contributed by atoms with Crippen LogP contribution < -0.4 is 0 Å². The van der Waals surface area contributed by atoms with Crippen LogP contribution in [0.25, 0.3) is 16.0 Å². The molecule has 0 saturated carbocycles. The van der Waals surface area contributed by atoms with Gasteiger partial charge in [-0.2, -0.15) is 0 Å². The SMILES string of the molecule is Cc1c(C(=O)C2=C(O)C(=O)N(CCN(C)C)C2c2cccc(Br)c2)sc2nc3ccccc3n12. The van der Waals surface area contributed by atoms with Crippen LogP contribution in [0.5, 0.6) is 0 Å². The van der Waals surface area contributed by atoms with E-state index in [9.17, 15) is 14.7 Å². The highest BCUT2D eigenvalue weighted by atomic mass is 79.9. The summed E-state index contributed by atoms with van der Waals surface area (Å²) in [5.74, 6) is -1.36. The molecule has 34 heavy (non-hydrogen) atoms. The van der Waals surface area contributed by atoms with Crippen molar-refractivity contribution in [1.82, 2.24) is 19.2 Å². The van der Waals surface area contributed by atoms with Crippen LogP contribution >= 0.6 is 27.3 Å². The first kappa shape index (κ1) is 22.8. The highest BCUT2D eigenvalue weighted by Gasteiger charge is 2.44. The molecule has 1 aliphatic rings. The number of ketones is 1. The number of hydrogen-bond acceptors (Lipinski definition) is 6. The predicted octanol–water partition coefficient (Wildman–Crippen LogP) is 4.76. The largest absolute Gasteiger partial charge is 0.503 e. The van der Waals surface area contributed by atoms with Crippen LogP contribution in [0.2, 0.25) is 0 Å². The van der Waals surface area contributed by atoms with Crippen molar-refractivity contribution in [2.45, 2.75) is 13.0 Å². The summed E-state index contributed by atoms with van der Waals surface area (Å²) in [6, 6.07) is 14.6. The van der Waals surface area contributed by atoms with Gasteiger partial charge in [-0.25, -0.2) is 4.98 Å². The lowest BCUT2D eigenvalue weighted by atomic mass is 9.95. The number of aliphatic hydroxyl groups excluding tert-OH is 1. The molecular weight excluding hydrogens is 516 g/mol. The number of aromatic nitrogens is 2. The van der Waals surface area contributed by atoms with Gasteiger partial charge < -0.3 is 14.9 Å². The van der Waals surface area contributed by atoms with Gasteiger partial charge in [0.15, 0.2) is 10.7 Å². The molecular formula is C25H23BrN4O3S. The van der Waals surface area contributed by atoms with Gasteiger partial charge in [0.25, 0.3) is 5.91 Å². The van der Waals surface area contributed by atoms with Gasteiger partial charge in [-0.05, 0) is 50.8 Å². The number of imidazole rings is 1. The molecule has 1 amide bonds. The first-order valence-electron chi connectivity index (χ1n) is 10.8. The Hall–Kier alpha value is -3.01. The van der Waals surface area contributed by atoms with Crippen molar-refractivity contribution < 1.29 is 14.7 Å². The molecule has 3 heterocycles. The number of carbonyl (C=O) groups excluding carboxylic acids is 2. The Morgan fingerprint density at radius 3 is 2.71 bits per heavy atom. The highest BCUT2D eigenvalue weighted by Crippen LogP contribution is 2.41. The highest BCUT2D eigenvalue weighted by molar-refractivity contribution is 9.10. The third-order valence-corrected chi connectivity index (χ3v) is 7.73. The van der Waals surface area contributed by atoms with Crippen LogP contribution in [0.15, 0.2) is 64.3 Å². The van der Waals surface area contributed by atoms with E-state index in [1.807, 2.05) is 78.9 Å². The molecule has 0 spiro atoms. The number of aliphatic hydroxyl groups is 1. The van der Waals surface area contributed by atoms with E-state index in [-0.39, 0.29) is 11.4 Å². The quantitative estimate of drug-likeness (QED) is 0.358. The van der Waals surface area contributed by atoms with E-state index in [2.05, 4.69) is 20.9 Å². The van der Waals surface area contributed by atoms with Gasteiger partial charge in [0.05, 0.1) is 27.5 Å². The second-order valence-corrected chi connectivity index (χ2v) is 10.5. The lowest BCUT2D eigenvalue weighted by molar-refractivity contribution is -0.129. The zero-order valence-corrected chi connectivity index (χ0v) is 21.4. The fourth-order valence-electron chi connectivity index (χ4n) is 4.44. The number of Topliss-reactive ketones (excluding diaryl/α,β-unsaturated/α-hetero) is 1. The number of para-hydroxylation sites is 2. The average molecular weight is 539 g/mol. The van der Waals surface area contributed by atoms with Gasteiger partial charge in [-0.3, -0.25) is 14.0 Å². The molecule has 174 valence electrons. The third kappa shape index (κ3) is 3.64. The second-order valence-electron chi connectivity index (χ2n) is 8.59. The minimum Gasteiger partial charge on any atom is -0.503 e. The Balaban J connectivity index is 1.63. The zero-order valence-electron chi connectivity index (χ0n) is 18.9. The number of rotatable bonds is 6. The van der Waals surface area contributed by atoms with Crippen LogP contribution in [-0.2, 0) is 4.79 Å². The Morgan fingerprint density at radius 2 is 1.97 bits per heavy atom. The van der Waals surface area contributed by atoms with E-state index < -0.39 is 17.7 Å². The molecule has 2 aromatic heterocycles. The topological polar surface area (TPSA) is 78.2 Å². The first-order valence-corrected chi connectivity index (χ1v) is 12.4. The zero-order chi connectivity index (χ0) is 24.1. The van der Waals surface area contributed by atoms with Crippen molar-refractivity contribution in [3.63, 3.8) is 0 Å². The van der Waals surface area contributed by atoms with E-state index in [1.54, 1.807) is 4.90 Å². The summed E-state index contributed by atoms with van der Waals surface area (Å²) in [6.07, 6.45) is 0. The molecule has 0 radical (unpaired) electrons. The van der Waals surface area contributed by atoms with E-state index >= 15 is 0 Å². The molecule has 0 saturated heterocycles. The van der Waals surface area contributed by atoms with Crippen LogP contribution in [0.3, 0.4) is 0 Å². The Kier molecular flexibility index (Phi) is 5.79. The van der Waals surface area contributed by atoms with Gasteiger partial charge >= 0.3 is 0 Å². The van der Waals surface area contributed by atoms with Gasteiger partial charge in [-0.1, -0.05) is 51.5 Å². The fourth-order valence-corrected chi connectivity index (χ4v) is 5.96. The maximum atomic E-state index is 13.9. The van der Waals surface area contributed by atoms with Crippen LogP contribution in [0.4, 0.5) is 0 Å². The molecule has 1 unspecified atom stereocenters. The summed E-state index contributed by atoms with van der Waals surface area (Å²) in [5.41, 5.74) is 3.39. The molecule has 7 nitrogen and oxygen atoms in total. The molecule has 0 aliphatic carbocycles. The molecule has 5 rings (SSSR count). The van der Waals surface area contributed by atoms with Gasteiger partial charge in [0.1, 0.15) is 0 Å². The number of halogens is 1. The van der Waals surface area contributed by atoms with E-state index in [0.29, 0.717) is 22.9 Å². The monoisotopic (exact) mass is 538 g/mol. The van der Waals surface area contributed by atoms with Gasteiger partial charge in [-0.15, -0.1) is 0 Å². The number of hydrogen-bond donors (Lipinski definition) is 1. The summed E-state index contributed by atoms with van der Waals surface area (Å²) in [6.45, 7) is 2.85. The Bertz CT molecular complexity index is 1490. The molecule has 9 heteroatoms. The normalized spacial score (nSPS) is 16.6. The van der Waals surface area contributed by atoms with E-state index in [1.165, 1.54) is 11.3 Å². The summed E-state index contributed by atoms with van der Waals surface area (Å²) in [7, 11) is 3.84. The fraction of sp³-hybridized carbons (Fsp3) is 0.240.